The van der Waals surface area contributed by atoms with E-state index in [0.717, 1.165) is 38.5 Å². The molecule has 4 fully saturated rings. The van der Waals surface area contributed by atoms with Crippen LogP contribution in [0, 0.1) is 40.4 Å². The summed E-state index contributed by atoms with van der Waals surface area (Å²) < 4.78 is 5.54. The van der Waals surface area contributed by atoms with Crippen molar-refractivity contribution in [3.8, 4) is 0 Å². The van der Waals surface area contributed by atoms with Gasteiger partial charge in [-0.25, -0.2) is 0 Å². The van der Waals surface area contributed by atoms with Crippen LogP contribution in [-0.4, -0.2) is 29.1 Å². The van der Waals surface area contributed by atoms with Gasteiger partial charge in [0.2, 0.25) is 0 Å². The van der Waals surface area contributed by atoms with Crippen LogP contribution < -0.4 is 0 Å². The lowest BCUT2D eigenvalue weighted by Gasteiger charge is -2.62. The molecule has 0 saturated heterocycles. The van der Waals surface area contributed by atoms with Crippen LogP contribution in [0.1, 0.15) is 79.1 Å². The molecule has 4 aliphatic carbocycles. The molecule has 152 valence electrons. The highest BCUT2D eigenvalue weighted by Crippen LogP contribution is 2.67. The van der Waals surface area contributed by atoms with Gasteiger partial charge in [0.15, 0.2) is 0 Å². The van der Waals surface area contributed by atoms with E-state index in [-0.39, 0.29) is 40.7 Å². The van der Waals surface area contributed by atoms with Gasteiger partial charge in [-0.15, -0.1) is 0 Å². The zero-order valence-corrected chi connectivity index (χ0v) is 17.4. The van der Waals surface area contributed by atoms with E-state index >= 15 is 0 Å². The molecule has 4 rings (SSSR count). The van der Waals surface area contributed by atoms with Crippen molar-refractivity contribution in [3.05, 3.63) is 0 Å². The Balaban J connectivity index is 1.58. The number of hydrogen-bond acceptors (Lipinski definition) is 4. The molecule has 0 bridgehead atoms. The molecule has 0 heterocycles. The lowest BCUT2D eigenvalue weighted by Crippen LogP contribution is -2.59. The Morgan fingerprint density at radius 2 is 1.70 bits per heavy atom. The Hall–Kier alpha value is -0.900. The average molecular weight is 377 g/mol. The van der Waals surface area contributed by atoms with Crippen LogP contribution in [0.15, 0.2) is 0 Å². The van der Waals surface area contributed by atoms with Crippen molar-refractivity contribution >= 4 is 11.8 Å². The average Bonchev–Trinajstić information content (AvgIpc) is 2.95. The van der Waals surface area contributed by atoms with Crippen LogP contribution in [0.3, 0.4) is 0 Å². The summed E-state index contributed by atoms with van der Waals surface area (Å²) in [5.74, 6) is 2.36. The number of ketones is 1. The number of rotatable bonds is 2. The first-order chi connectivity index (χ1) is 12.7. The fourth-order valence-corrected chi connectivity index (χ4v) is 8.18. The summed E-state index contributed by atoms with van der Waals surface area (Å²) in [4.78, 5) is 23.7. The van der Waals surface area contributed by atoms with Gasteiger partial charge in [0.05, 0.1) is 6.10 Å². The van der Waals surface area contributed by atoms with Crippen molar-refractivity contribution in [2.45, 2.75) is 91.3 Å². The summed E-state index contributed by atoms with van der Waals surface area (Å²) in [7, 11) is 0. The SMILES string of the molecule is CC(=O)O[C@@H]1CC[C@]2(C)[C@H](CC[C@@H]3[C@@H]2C[C@H](O)[C@]2(C)[C@@H](C(C)=O)CC[C@@H]32)C1. The zero-order valence-electron chi connectivity index (χ0n) is 17.4. The maximum absolute atomic E-state index is 12.3. The maximum atomic E-state index is 12.3. The van der Waals surface area contributed by atoms with Crippen LogP contribution in [0.2, 0.25) is 0 Å². The number of carbonyl (C=O) groups is 2. The van der Waals surface area contributed by atoms with E-state index in [1.54, 1.807) is 6.92 Å². The molecule has 9 atom stereocenters. The molecule has 0 aromatic heterocycles. The van der Waals surface area contributed by atoms with Crippen molar-refractivity contribution < 1.29 is 19.4 Å². The second-order valence-electron chi connectivity index (χ2n) is 10.5. The predicted molar refractivity (Wildman–Crippen MR) is 103 cm³/mol. The van der Waals surface area contributed by atoms with Gasteiger partial charge >= 0.3 is 5.97 Å². The molecule has 0 spiro atoms. The van der Waals surface area contributed by atoms with Crippen LogP contribution in [0.5, 0.6) is 0 Å². The highest BCUT2D eigenvalue weighted by Gasteiger charge is 2.64. The van der Waals surface area contributed by atoms with Crippen LogP contribution >= 0.6 is 0 Å². The normalized spacial score (nSPS) is 51.7. The molecule has 0 amide bonds. The number of Topliss-reactive ketones (excluding diaryl/α,β-unsaturated/α-hetero) is 1. The number of aliphatic hydroxyl groups excluding tert-OH is 1. The highest BCUT2D eigenvalue weighted by atomic mass is 16.5. The van der Waals surface area contributed by atoms with Gasteiger partial charge in [0.1, 0.15) is 11.9 Å². The lowest BCUT2D eigenvalue weighted by molar-refractivity contribution is -0.179. The fraction of sp³-hybridized carbons (Fsp3) is 0.913. The van der Waals surface area contributed by atoms with E-state index in [0.29, 0.717) is 23.7 Å². The van der Waals surface area contributed by atoms with E-state index < -0.39 is 0 Å². The van der Waals surface area contributed by atoms with E-state index in [9.17, 15) is 14.7 Å². The monoisotopic (exact) mass is 376 g/mol. The smallest absolute Gasteiger partial charge is 0.302 e. The fourth-order valence-electron chi connectivity index (χ4n) is 8.18. The first-order valence-corrected chi connectivity index (χ1v) is 11.0. The molecular weight excluding hydrogens is 340 g/mol. The maximum Gasteiger partial charge on any atom is 0.302 e. The summed E-state index contributed by atoms with van der Waals surface area (Å²) in [6, 6.07) is 0. The minimum atomic E-state index is -0.373. The number of esters is 1. The van der Waals surface area contributed by atoms with E-state index in [1.807, 2.05) is 0 Å². The van der Waals surface area contributed by atoms with Crippen LogP contribution in [0.25, 0.3) is 0 Å². The standard InChI is InChI=1S/C23H36O4/c1-13(24)18-7-8-19-17-6-5-15-11-16(27-14(2)25)9-10-22(15,3)20(17)12-21(26)23(18,19)4/h15-21,26H,5-12H2,1-4H3/t15-,16-,17+,18-,19+,20+,21+,22-,23-/m1/s1. The number of ether oxygens (including phenoxy) is 1. The molecule has 4 aliphatic rings. The Morgan fingerprint density at radius 3 is 2.37 bits per heavy atom. The number of carbonyl (C=O) groups excluding carboxylic acids is 2. The Labute approximate surface area is 163 Å². The molecule has 4 heteroatoms. The van der Waals surface area contributed by atoms with E-state index in [4.69, 9.17) is 4.74 Å². The molecule has 0 aliphatic heterocycles. The van der Waals surface area contributed by atoms with Crippen molar-refractivity contribution in [1.82, 2.24) is 0 Å². The van der Waals surface area contributed by atoms with Gasteiger partial charge in [-0.3, -0.25) is 9.59 Å². The second-order valence-corrected chi connectivity index (χ2v) is 10.5. The molecule has 0 radical (unpaired) electrons. The topological polar surface area (TPSA) is 63.6 Å². The summed E-state index contributed by atoms with van der Waals surface area (Å²) >= 11 is 0. The van der Waals surface area contributed by atoms with Gasteiger partial charge in [-0.1, -0.05) is 13.8 Å². The minimum absolute atomic E-state index is 0.0312. The molecule has 0 aromatic rings. The van der Waals surface area contributed by atoms with E-state index in [1.165, 1.54) is 19.8 Å². The zero-order chi connectivity index (χ0) is 19.6. The van der Waals surface area contributed by atoms with Gasteiger partial charge < -0.3 is 9.84 Å². The third-order valence-corrected chi connectivity index (χ3v) is 9.55. The molecule has 0 unspecified atom stereocenters. The molecule has 27 heavy (non-hydrogen) atoms. The van der Waals surface area contributed by atoms with Gasteiger partial charge in [0.25, 0.3) is 0 Å². The Kier molecular flexibility index (Phi) is 4.73. The van der Waals surface area contributed by atoms with Crippen molar-refractivity contribution in [2.24, 2.45) is 40.4 Å². The van der Waals surface area contributed by atoms with Crippen LogP contribution in [-0.2, 0) is 14.3 Å². The summed E-state index contributed by atoms with van der Waals surface area (Å²) in [5, 5.41) is 11.3. The molecule has 4 nitrogen and oxygen atoms in total. The van der Waals surface area contributed by atoms with Crippen molar-refractivity contribution in [2.75, 3.05) is 0 Å². The summed E-state index contributed by atoms with van der Waals surface area (Å²) in [6.45, 7) is 7.86. The number of aliphatic hydroxyl groups is 1. The quantitative estimate of drug-likeness (QED) is 0.736. The van der Waals surface area contributed by atoms with Gasteiger partial charge in [-0.05, 0) is 87.4 Å². The van der Waals surface area contributed by atoms with Crippen molar-refractivity contribution in [1.29, 1.82) is 0 Å². The van der Waals surface area contributed by atoms with Crippen LogP contribution in [0.4, 0.5) is 0 Å². The summed E-state index contributed by atoms with van der Waals surface area (Å²) in [6.07, 6.45) is 8.00. The Bertz CT molecular complexity index is 630. The molecule has 1 N–H and O–H groups in total. The highest BCUT2D eigenvalue weighted by molar-refractivity contribution is 5.79. The van der Waals surface area contributed by atoms with Gasteiger partial charge in [0, 0.05) is 18.3 Å². The third kappa shape index (κ3) is 2.81. The lowest BCUT2D eigenvalue weighted by atomic mass is 9.44. The molecular formula is C23H36O4. The van der Waals surface area contributed by atoms with Gasteiger partial charge in [-0.2, -0.15) is 0 Å². The summed E-state index contributed by atoms with van der Waals surface area (Å²) in [5.41, 5.74) is 0.00132. The van der Waals surface area contributed by atoms with E-state index in [2.05, 4.69) is 13.8 Å². The third-order valence-electron chi connectivity index (χ3n) is 9.55. The minimum Gasteiger partial charge on any atom is -0.463 e. The number of hydrogen-bond donors (Lipinski definition) is 1. The first kappa shape index (κ1) is 19.4. The largest absolute Gasteiger partial charge is 0.463 e. The molecule has 4 saturated carbocycles. The number of fused-ring (bicyclic) bond motifs is 5. The first-order valence-electron chi connectivity index (χ1n) is 11.0. The molecule has 0 aromatic carbocycles. The second kappa shape index (κ2) is 6.57. The predicted octanol–water partition coefficient (Wildman–Crippen LogP) is 4.14. The Morgan fingerprint density at radius 1 is 0.963 bits per heavy atom. The van der Waals surface area contributed by atoms with Crippen molar-refractivity contribution in [3.63, 3.8) is 0 Å².